The van der Waals surface area contributed by atoms with Crippen LogP contribution in [0.25, 0.3) is 0 Å². The third-order valence-corrected chi connectivity index (χ3v) is 4.68. The molecule has 0 aromatic heterocycles. The monoisotopic (exact) mass is 358 g/mol. The fourth-order valence-corrected chi connectivity index (χ4v) is 3.28. The van der Waals surface area contributed by atoms with Crippen molar-refractivity contribution in [1.29, 1.82) is 0 Å². The number of hydrogen-bond acceptors (Lipinski definition) is 3. The smallest absolute Gasteiger partial charge is 0.399 e. The summed E-state index contributed by atoms with van der Waals surface area (Å²) in [4.78, 5) is 0. The first kappa shape index (κ1) is 18.3. The molecule has 0 atom stereocenters. The highest BCUT2D eigenvalue weighted by Gasteiger charge is 2.30. The van der Waals surface area contributed by atoms with Crippen LogP contribution in [0.1, 0.15) is 16.7 Å². The van der Waals surface area contributed by atoms with Gasteiger partial charge in [0.2, 0.25) is 10.0 Å². The number of nitrogens with two attached hydrogens (primary N) is 1. The summed E-state index contributed by atoms with van der Waals surface area (Å²) in [5, 5.41) is 0. The summed E-state index contributed by atoms with van der Waals surface area (Å²) >= 11 is 0. The van der Waals surface area contributed by atoms with E-state index in [9.17, 15) is 21.6 Å². The molecule has 0 aliphatic carbocycles. The molecule has 130 valence electrons. The average molecular weight is 358 g/mol. The molecule has 8 heteroatoms. The standard InChI is InChI=1S/C16H17F3N2O2S/c17-16(18,19)14-3-1-2-13(10-14)11-24(22,23)21-9-8-12-4-6-15(20)7-5-12/h1-7,10,21H,8-9,11,20H2. The molecule has 0 bridgehead atoms. The number of sulfonamides is 1. The summed E-state index contributed by atoms with van der Waals surface area (Å²) in [6, 6.07) is 11.3. The third kappa shape index (κ3) is 5.54. The predicted octanol–water partition coefficient (Wildman–Crippen LogP) is 2.95. The predicted molar refractivity (Wildman–Crippen MR) is 86.6 cm³/mol. The Bertz CT molecular complexity index is 788. The van der Waals surface area contributed by atoms with Crippen molar-refractivity contribution in [2.75, 3.05) is 12.3 Å². The van der Waals surface area contributed by atoms with Gasteiger partial charge in [-0.3, -0.25) is 0 Å². The SMILES string of the molecule is Nc1ccc(CCNS(=O)(=O)Cc2cccc(C(F)(F)F)c2)cc1. The van der Waals surface area contributed by atoms with Crippen LogP contribution in [-0.2, 0) is 28.4 Å². The fourth-order valence-electron chi connectivity index (χ4n) is 2.14. The van der Waals surface area contributed by atoms with Gasteiger partial charge in [-0.15, -0.1) is 0 Å². The zero-order chi connectivity index (χ0) is 17.8. The van der Waals surface area contributed by atoms with E-state index in [-0.39, 0.29) is 12.1 Å². The van der Waals surface area contributed by atoms with Crippen molar-refractivity contribution in [2.45, 2.75) is 18.3 Å². The molecule has 0 saturated heterocycles. The van der Waals surface area contributed by atoms with E-state index in [4.69, 9.17) is 5.73 Å². The summed E-state index contributed by atoms with van der Waals surface area (Å²) in [6.07, 6.45) is -4.04. The zero-order valence-electron chi connectivity index (χ0n) is 12.7. The lowest BCUT2D eigenvalue weighted by molar-refractivity contribution is -0.137. The summed E-state index contributed by atoms with van der Waals surface area (Å²) in [6.45, 7) is 0.158. The molecule has 2 aromatic carbocycles. The highest BCUT2D eigenvalue weighted by Crippen LogP contribution is 2.29. The van der Waals surface area contributed by atoms with Crippen LogP contribution >= 0.6 is 0 Å². The van der Waals surface area contributed by atoms with Crippen molar-refractivity contribution in [1.82, 2.24) is 4.72 Å². The van der Waals surface area contributed by atoms with Crippen LogP contribution in [0, 0.1) is 0 Å². The van der Waals surface area contributed by atoms with Crippen LogP contribution in [0.5, 0.6) is 0 Å². The Labute approximate surface area is 138 Å². The fraction of sp³-hybridized carbons (Fsp3) is 0.250. The van der Waals surface area contributed by atoms with Crippen LogP contribution in [0.4, 0.5) is 18.9 Å². The van der Waals surface area contributed by atoms with Crippen LogP contribution in [0.15, 0.2) is 48.5 Å². The molecular weight excluding hydrogens is 341 g/mol. The largest absolute Gasteiger partial charge is 0.416 e. The van der Waals surface area contributed by atoms with E-state index in [2.05, 4.69) is 4.72 Å². The Kier molecular flexibility index (Phi) is 5.51. The van der Waals surface area contributed by atoms with Crippen molar-refractivity contribution < 1.29 is 21.6 Å². The van der Waals surface area contributed by atoms with Crippen LogP contribution in [0.3, 0.4) is 0 Å². The van der Waals surface area contributed by atoms with Crippen molar-refractivity contribution >= 4 is 15.7 Å². The van der Waals surface area contributed by atoms with Gasteiger partial charge in [-0.05, 0) is 35.7 Å². The topological polar surface area (TPSA) is 72.2 Å². The minimum atomic E-state index is -4.50. The molecule has 3 N–H and O–H groups in total. The number of nitrogens with one attached hydrogen (secondary N) is 1. The highest BCUT2D eigenvalue weighted by molar-refractivity contribution is 7.88. The molecule has 0 aliphatic heterocycles. The van der Waals surface area contributed by atoms with Gasteiger partial charge in [0, 0.05) is 12.2 Å². The maximum absolute atomic E-state index is 12.6. The first-order valence-corrected chi connectivity index (χ1v) is 8.79. The van der Waals surface area contributed by atoms with Gasteiger partial charge in [-0.1, -0.05) is 30.3 Å². The molecule has 0 spiro atoms. The number of rotatable bonds is 6. The Morgan fingerprint density at radius 3 is 2.29 bits per heavy atom. The minimum Gasteiger partial charge on any atom is -0.399 e. The summed E-state index contributed by atoms with van der Waals surface area (Å²) in [5.74, 6) is -0.501. The summed E-state index contributed by atoms with van der Waals surface area (Å²) in [7, 11) is -3.72. The van der Waals surface area contributed by atoms with Gasteiger partial charge in [-0.25, -0.2) is 13.1 Å². The van der Waals surface area contributed by atoms with E-state index >= 15 is 0 Å². The van der Waals surface area contributed by atoms with Gasteiger partial charge in [-0.2, -0.15) is 13.2 Å². The van der Waals surface area contributed by atoms with E-state index in [1.807, 2.05) is 0 Å². The van der Waals surface area contributed by atoms with Gasteiger partial charge in [0.15, 0.2) is 0 Å². The first-order chi connectivity index (χ1) is 11.2. The molecule has 0 fully saturated rings. The Hall–Kier alpha value is -2.06. The second kappa shape index (κ2) is 7.23. The lowest BCUT2D eigenvalue weighted by atomic mass is 10.1. The second-order valence-electron chi connectivity index (χ2n) is 5.34. The molecule has 0 amide bonds. The maximum Gasteiger partial charge on any atom is 0.416 e. The highest BCUT2D eigenvalue weighted by atomic mass is 32.2. The molecule has 4 nitrogen and oxygen atoms in total. The molecule has 2 aromatic rings. The van der Waals surface area contributed by atoms with Gasteiger partial charge in [0.1, 0.15) is 0 Å². The quantitative estimate of drug-likeness (QED) is 0.780. The van der Waals surface area contributed by atoms with Crippen molar-refractivity contribution in [2.24, 2.45) is 0 Å². The minimum absolute atomic E-state index is 0.0878. The normalized spacial score (nSPS) is 12.3. The molecule has 24 heavy (non-hydrogen) atoms. The number of nitrogen functional groups attached to an aromatic ring is 1. The Balaban J connectivity index is 1.95. The van der Waals surface area contributed by atoms with Gasteiger partial charge >= 0.3 is 6.18 Å². The van der Waals surface area contributed by atoms with E-state index in [1.54, 1.807) is 24.3 Å². The van der Waals surface area contributed by atoms with E-state index in [1.165, 1.54) is 12.1 Å². The number of anilines is 1. The summed E-state index contributed by atoms with van der Waals surface area (Å²) in [5.41, 5.74) is 6.31. The molecule has 0 radical (unpaired) electrons. The van der Waals surface area contributed by atoms with E-state index < -0.39 is 27.5 Å². The van der Waals surface area contributed by atoms with E-state index in [0.29, 0.717) is 12.1 Å². The average Bonchev–Trinajstić information content (AvgIpc) is 2.48. The molecular formula is C16H17F3N2O2S. The van der Waals surface area contributed by atoms with Crippen LogP contribution < -0.4 is 10.5 Å². The number of alkyl halides is 3. The molecule has 0 unspecified atom stereocenters. The van der Waals surface area contributed by atoms with Crippen molar-refractivity contribution in [3.05, 3.63) is 65.2 Å². The second-order valence-corrected chi connectivity index (χ2v) is 7.15. The molecule has 0 heterocycles. The first-order valence-electron chi connectivity index (χ1n) is 7.14. The molecule has 0 aliphatic rings. The Morgan fingerprint density at radius 2 is 1.67 bits per heavy atom. The van der Waals surface area contributed by atoms with Crippen molar-refractivity contribution in [3.8, 4) is 0 Å². The number of benzene rings is 2. The lowest BCUT2D eigenvalue weighted by Crippen LogP contribution is -2.27. The third-order valence-electron chi connectivity index (χ3n) is 3.33. The Morgan fingerprint density at radius 1 is 1.00 bits per heavy atom. The number of hydrogen-bond donors (Lipinski definition) is 2. The molecule has 0 saturated carbocycles. The number of halogens is 3. The maximum atomic E-state index is 12.6. The summed E-state index contributed by atoms with van der Waals surface area (Å²) < 4.78 is 64.3. The lowest BCUT2D eigenvalue weighted by Gasteiger charge is -2.10. The van der Waals surface area contributed by atoms with E-state index in [0.717, 1.165) is 17.7 Å². The zero-order valence-corrected chi connectivity index (χ0v) is 13.5. The van der Waals surface area contributed by atoms with Crippen LogP contribution in [-0.4, -0.2) is 15.0 Å². The van der Waals surface area contributed by atoms with Crippen molar-refractivity contribution in [3.63, 3.8) is 0 Å². The molecule has 2 rings (SSSR count). The van der Waals surface area contributed by atoms with Gasteiger partial charge in [0.25, 0.3) is 0 Å². The van der Waals surface area contributed by atoms with Crippen LogP contribution in [0.2, 0.25) is 0 Å². The van der Waals surface area contributed by atoms with Gasteiger partial charge < -0.3 is 5.73 Å². The van der Waals surface area contributed by atoms with Gasteiger partial charge in [0.05, 0.1) is 11.3 Å².